The topological polar surface area (TPSA) is 100 Å². The summed E-state index contributed by atoms with van der Waals surface area (Å²) < 4.78 is 4.81. The molecule has 0 atom stereocenters. The third-order valence-corrected chi connectivity index (χ3v) is 4.32. The van der Waals surface area contributed by atoms with E-state index in [1.165, 1.54) is 7.11 Å². The first kappa shape index (κ1) is 21.2. The Labute approximate surface area is 164 Å². The number of carbonyl (C=O) groups is 3. The van der Waals surface area contributed by atoms with Crippen molar-refractivity contribution in [1.29, 1.82) is 0 Å². The van der Waals surface area contributed by atoms with Crippen LogP contribution in [-0.2, 0) is 16.0 Å². The molecule has 0 saturated heterocycles. The SMILES string of the molecule is CCc1[nH]c(C(=O)Nc2ccc(NC(=O)CC(C)C)cc2)c(C)c1C(=O)OC. The number of aromatic amines is 1. The molecule has 0 unspecified atom stereocenters. The second kappa shape index (κ2) is 9.21. The summed E-state index contributed by atoms with van der Waals surface area (Å²) >= 11 is 0. The molecule has 0 aliphatic carbocycles. The minimum absolute atomic E-state index is 0.0452. The van der Waals surface area contributed by atoms with Crippen molar-refractivity contribution in [1.82, 2.24) is 4.98 Å². The number of anilines is 2. The summed E-state index contributed by atoms with van der Waals surface area (Å²) in [5.41, 5.74) is 3.20. The average Bonchev–Trinajstić information content (AvgIpc) is 2.98. The van der Waals surface area contributed by atoms with Crippen molar-refractivity contribution < 1.29 is 19.1 Å². The fraction of sp³-hybridized carbons (Fsp3) is 0.381. The highest BCUT2D eigenvalue weighted by Gasteiger charge is 2.23. The zero-order chi connectivity index (χ0) is 20.8. The van der Waals surface area contributed by atoms with Gasteiger partial charge in [-0.3, -0.25) is 9.59 Å². The van der Waals surface area contributed by atoms with Gasteiger partial charge in [-0.05, 0) is 49.1 Å². The van der Waals surface area contributed by atoms with Gasteiger partial charge >= 0.3 is 5.97 Å². The summed E-state index contributed by atoms with van der Waals surface area (Å²) in [6.07, 6.45) is 1.02. The molecule has 7 heteroatoms. The lowest BCUT2D eigenvalue weighted by Gasteiger charge is -2.09. The van der Waals surface area contributed by atoms with Crippen molar-refractivity contribution in [3.63, 3.8) is 0 Å². The summed E-state index contributed by atoms with van der Waals surface area (Å²) in [4.78, 5) is 39.5. The molecule has 1 heterocycles. The molecular formula is C21H27N3O4. The summed E-state index contributed by atoms with van der Waals surface area (Å²) in [5.74, 6) is -0.577. The zero-order valence-electron chi connectivity index (χ0n) is 16.9. The van der Waals surface area contributed by atoms with Crippen molar-refractivity contribution in [3.8, 4) is 0 Å². The van der Waals surface area contributed by atoms with Crippen LogP contribution in [0.15, 0.2) is 24.3 Å². The number of amides is 2. The maximum atomic E-state index is 12.6. The van der Waals surface area contributed by atoms with Gasteiger partial charge in [0.15, 0.2) is 0 Å². The van der Waals surface area contributed by atoms with Gasteiger partial charge in [0.25, 0.3) is 5.91 Å². The first-order valence-corrected chi connectivity index (χ1v) is 9.27. The van der Waals surface area contributed by atoms with Gasteiger partial charge in [-0.15, -0.1) is 0 Å². The van der Waals surface area contributed by atoms with Gasteiger partial charge < -0.3 is 20.4 Å². The summed E-state index contributed by atoms with van der Waals surface area (Å²) in [5, 5.41) is 5.62. The molecule has 0 spiro atoms. The lowest BCUT2D eigenvalue weighted by atomic mass is 10.1. The predicted molar refractivity (Wildman–Crippen MR) is 109 cm³/mol. The Morgan fingerprint density at radius 1 is 1.07 bits per heavy atom. The van der Waals surface area contributed by atoms with Crippen LogP contribution < -0.4 is 10.6 Å². The number of ether oxygens (including phenoxy) is 1. The quantitative estimate of drug-likeness (QED) is 0.629. The first-order valence-electron chi connectivity index (χ1n) is 9.27. The second-order valence-electron chi connectivity index (χ2n) is 7.00. The van der Waals surface area contributed by atoms with Gasteiger partial charge in [0.05, 0.1) is 12.7 Å². The third-order valence-electron chi connectivity index (χ3n) is 4.32. The van der Waals surface area contributed by atoms with E-state index in [1.54, 1.807) is 31.2 Å². The van der Waals surface area contributed by atoms with Crippen LogP contribution in [-0.4, -0.2) is 29.9 Å². The van der Waals surface area contributed by atoms with Gasteiger partial charge in [-0.25, -0.2) is 4.79 Å². The Hall–Kier alpha value is -3.09. The number of hydrogen-bond donors (Lipinski definition) is 3. The molecule has 0 aliphatic heterocycles. The van der Waals surface area contributed by atoms with Gasteiger partial charge in [-0.2, -0.15) is 0 Å². The van der Waals surface area contributed by atoms with Crippen molar-refractivity contribution >= 4 is 29.2 Å². The van der Waals surface area contributed by atoms with E-state index >= 15 is 0 Å². The van der Waals surface area contributed by atoms with Crippen LogP contribution in [0.2, 0.25) is 0 Å². The Morgan fingerprint density at radius 2 is 1.64 bits per heavy atom. The van der Waals surface area contributed by atoms with Crippen LogP contribution in [0.5, 0.6) is 0 Å². The molecule has 0 aliphatic rings. The van der Waals surface area contributed by atoms with E-state index in [0.717, 1.165) is 0 Å². The summed E-state index contributed by atoms with van der Waals surface area (Å²) in [7, 11) is 1.31. The Morgan fingerprint density at radius 3 is 2.14 bits per heavy atom. The van der Waals surface area contributed by atoms with Crippen LogP contribution >= 0.6 is 0 Å². The molecule has 0 bridgehead atoms. The maximum Gasteiger partial charge on any atom is 0.339 e. The highest BCUT2D eigenvalue weighted by atomic mass is 16.5. The van der Waals surface area contributed by atoms with Crippen LogP contribution in [0.25, 0.3) is 0 Å². The molecule has 0 fully saturated rings. The van der Waals surface area contributed by atoms with Crippen molar-refractivity contribution in [2.75, 3.05) is 17.7 Å². The van der Waals surface area contributed by atoms with Crippen LogP contribution in [0, 0.1) is 12.8 Å². The Kier molecular flexibility index (Phi) is 6.98. The van der Waals surface area contributed by atoms with Crippen molar-refractivity contribution in [3.05, 3.63) is 46.8 Å². The normalized spacial score (nSPS) is 10.6. The number of nitrogens with one attached hydrogen (secondary N) is 3. The van der Waals surface area contributed by atoms with Crippen LogP contribution in [0.3, 0.4) is 0 Å². The zero-order valence-corrected chi connectivity index (χ0v) is 16.9. The molecule has 150 valence electrons. The fourth-order valence-electron chi connectivity index (χ4n) is 2.94. The van der Waals surface area contributed by atoms with Crippen LogP contribution in [0.1, 0.15) is 59.3 Å². The molecule has 1 aromatic heterocycles. The largest absolute Gasteiger partial charge is 0.465 e. The number of hydrogen-bond acceptors (Lipinski definition) is 4. The fourth-order valence-corrected chi connectivity index (χ4v) is 2.94. The summed E-state index contributed by atoms with van der Waals surface area (Å²) in [6.45, 7) is 7.57. The Balaban J connectivity index is 2.12. The number of benzene rings is 1. The highest BCUT2D eigenvalue weighted by molar-refractivity contribution is 6.07. The lowest BCUT2D eigenvalue weighted by molar-refractivity contribution is -0.116. The van der Waals surface area contributed by atoms with E-state index in [4.69, 9.17) is 4.74 Å². The molecule has 2 aromatic rings. The van der Waals surface area contributed by atoms with Crippen LogP contribution in [0.4, 0.5) is 11.4 Å². The van der Waals surface area contributed by atoms with Crippen molar-refractivity contribution in [2.24, 2.45) is 5.92 Å². The van der Waals surface area contributed by atoms with E-state index in [9.17, 15) is 14.4 Å². The number of carbonyl (C=O) groups excluding carboxylic acids is 3. The minimum atomic E-state index is -0.467. The third kappa shape index (κ3) is 5.00. The Bertz CT molecular complexity index is 867. The second-order valence-corrected chi connectivity index (χ2v) is 7.00. The minimum Gasteiger partial charge on any atom is -0.465 e. The van der Waals surface area contributed by atoms with Gasteiger partial charge in [0.1, 0.15) is 5.69 Å². The standard InChI is InChI=1S/C21H27N3O4/c1-6-16-18(21(27)28-5)13(4)19(24-16)20(26)23-15-9-7-14(8-10-15)22-17(25)11-12(2)3/h7-10,12,24H,6,11H2,1-5H3,(H,22,25)(H,23,26). The molecule has 3 N–H and O–H groups in total. The molecule has 1 aromatic carbocycles. The van der Waals surface area contributed by atoms with Crippen molar-refractivity contribution in [2.45, 2.75) is 40.5 Å². The van der Waals surface area contributed by atoms with E-state index in [2.05, 4.69) is 15.6 Å². The highest BCUT2D eigenvalue weighted by Crippen LogP contribution is 2.22. The average molecular weight is 385 g/mol. The van der Waals surface area contributed by atoms with Gasteiger partial charge in [-0.1, -0.05) is 20.8 Å². The number of methoxy groups -OCH3 is 1. The number of aromatic nitrogens is 1. The number of rotatable bonds is 7. The lowest BCUT2D eigenvalue weighted by Crippen LogP contribution is -2.15. The van der Waals surface area contributed by atoms with E-state index in [-0.39, 0.29) is 17.7 Å². The smallest absolute Gasteiger partial charge is 0.339 e. The number of esters is 1. The molecule has 0 radical (unpaired) electrons. The predicted octanol–water partition coefficient (Wildman–Crippen LogP) is 3.91. The molecule has 0 saturated carbocycles. The molecule has 7 nitrogen and oxygen atoms in total. The van der Waals surface area contributed by atoms with E-state index in [0.29, 0.717) is 46.7 Å². The molecular weight excluding hydrogens is 358 g/mol. The maximum absolute atomic E-state index is 12.6. The molecule has 2 rings (SSSR count). The van der Waals surface area contributed by atoms with E-state index < -0.39 is 5.97 Å². The monoisotopic (exact) mass is 385 g/mol. The first-order chi connectivity index (χ1) is 13.3. The van der Waals surface area contributed by atoms with Gasteiger partial charge in [0.2, 0.25) is 5.91 Å². The molecule has 28 heavy (non-hydrogen) atoms. The number of H-pyrrole nitrogens is 1. The molecule has 2 amide bonds. The summed E-state index contributed by atoms with van der Waals surface area (Å²) in [6, 6.07) is 6.88. The number of aryl methyl sites for hydroxylation is 1. The van der Waals surface area contributed by atoms with Gasteiger partial charge in [0, 0.05) is 23.5 Å². The van der Waals surface area contributed by atoms with E-state index in [1.807, 2.05) is 20.8 Å².